The van der Waals surface area contributed by atoms with Crippen molar-refractivity contribution in [1.82, 2.24) is 3.53 Å². The number of nitrogens with one attached hydrogen (secondary N) is 1. The maximum Gasteiger partial charge on any atom is 0.321 e. The van der Waals surface area contributed by atoms with Gasteiger partial charge in [-0.25, -0.2) is 3.53 Å². The number of carboxylic acids is 3. The molecule has 0 aliphatic carbocycles. The van der Waals surface area contributed by atoms with Gasteiger partial charge in [-0.15, -0.1) is 0 Å². The van der Waals surface area contributed by atoms with Crippen LogP contribution in [0.2, 0.25) is 0 Å². The van der Waals surface area contributed by atoms with E-state index in [0.29, 0.717) is 0 Å². The van der Waals surface area contributed by atoms with Crippen LogP contribution >= 0.6 is 22.9 Å². The van der Waals surface area contributed by atoms with Crippen molar-refractivity contribution in [2.75, 3.05) is 0 Å². The molecule has 0 heterocycles. The average molecular weight is 317 g/mol. The second-order valence-corrected chi connectivity index (χ2v) is 3.09. The van der Waals surface area contributed by atoms with E-state index in [-0.39, 0.29) is 0 Å². The maximum absolute atomic E-state index is 10.5. The summed E-state index contributed by atoms with van der Waals surface area (Å²) >= 11 is 1.53. The summed E-state index contributed by atoms with van der Waals surface area (Å²) in [6.07, 6.45) is -0.497. The van der Waals surface area contributed by atoms with Gasteiger partial charge in [-0.2, -0.15) is 0 Å². The molecule has 4 N–H and O–H groups in total. The molecule has 14 heavy (non-hydrogen) atoms. The molecule has 80 valence electrons. The van der Waals surface area contributed by atoms with Gasteiger partial charge >= 0.3 is 17.9 Å². The number of hydrogen-bond acceptors (Lipinski definition) is 4. The van der Waals surface area contributed by atoms with Crippen molar-refractivity contribution in [1.29, 1.82) is 0 Å². The van der Waals surface area contributed by atoms with Crippen molar-refractivity contribution in [2.24, 2.45) is 5.92 Å². The largest absolute Gasteiger partial charge is 0.481 e. The molecule has 7 nitrogen and oxygen atoms in total. The van der Waals surface area contributed by atoms with E-state index in [0.717, 1.165) is 0 Å². The smallest absolute Gasteiger partial charge is 0.321 e. The van der Waals surface area contributed by atoms with Crippen LogP contribution in [0, 0.1) is 5.92 Å². The molecule has 0 aliphatic rings. The molecule has 0 saturated heterocycles. The molecule has 0 unspecified atom stereocenters. The Kier molecular flexibility index (Phi) is 5.38. The minimum absolute atomic E-state index is 0.497. The van der Waals surface area contributed by atoms with Gasteiger partial charge in [0.1, 0.15) is 6.04 Å². The molecule has 0 rings (SSSR count). The van der Waals surface area contributed by atoms with E-state index >= 15 is 0 Å². The van der Waals surface area contributed by atoms with Crippen LogP contribution in [0.15, 0.2) is 0 Å². The Labute approximate surface area is 92.6 Å². The first-order valence-electron chi connectivity index (χ1n) is 3.44. The molecule has 0 aromatic carbocycles. The fraction of sp³-hybridized carbons (Fsp3) is 0.500. The predicted octanol–water partition coefficient (Wildman–Crippen LogP) is -0.445. The third kappa shape index (κ3) is 3.87. The summed E-state index contributed by atoms with van der Waals surface area (Å²) in [6.45, 7) is 0. The Morgan fingerprint density at radius 2 is 1.50 bits per heavy atom. The van der Waals surface area contributed by atoms with Gasteiger partial charge in [-0.05, 0) is 6.42 Å². The average Bonchev–Trinajstić information content (AvgIpc) is 2.03. The first-order valence-corrected chi connectivity index (χ1v) is 4.52. The molecule has 0 radical (unpaired) electrons. The first kappa shape index (κ1) is 13.1. The van der Waals surface area contributed by atoms with Crippen molar-refractivity contribution in [3.05, 3.63) is 0 Å². The van der Waals surface area contributed by atoms with Gasteiger partial charge in [0.25, 0.3) is 0 Å². The molecule has 0 aromatic rings. The number of carboxylic acid groups (broad SMARTS) is 3. The van der Waals surface area contributed by atoms with E-state index in [1.54, 1.807) is 0 Å². The second-order valence-electron chi connectivity index (χ2n) is 2.46. The molecule has 0 saturated carbocycles. The zero-order valence-electron chi connectivity index (χ0n) is 6.81. The number of hydrogen-bond donors (Lipinski definition) is 4. The van der Waals surface area contributed by atoms with Gasteiger partial charge in [0.2, 0.25) is 0 Å². The van der Waals surface area contributed by atoms with Crippen LogP contribution in [-0.2, 0) is 14.4 Å². The third-order valence-electron chi connectivity index (χ3n) is 1.50. The monoisotopic (exact) mass is 317 g/mol. The normalized spacial score (nSPS) is 12.4. The van der Waals surface area contributed by atoms with E-state index < -0.39 is 36.3 Å². The minimum Gasteiger partial charge on any atom is -0.481 e. The molecule has 1 atom stereocenters. The van der Waals surface area contributed by atoms with Crippen LogP contribution in [0.5, 0.6) is 0 Å². The Balaban J connectivity index is 4.49. The van der Waals surface area contributed by atoms with Gasteiger partial charge < -0.3 is 15.3 Å². The molecule has 8 heteroatoms. The fourth-order valence-corrected chi connectivity index (χ4v) is 1.26. The van der Waals surface area contributed by atoms with E-state index in [1.807, 2.05) is 0 Å². The summed E-state index contributed by atoms with van der Waals surface area (Å²) < 4.78 is 2.29. The Hall–Kier alpha value is -0.900. The summed E-state index contributed by atoms with van der Waals surface area (Å²) in [4.78, 5) is 31.3. The van der Waals surface area contributed by atoms with Gasteiger partial charge in [-0.1, -0.05) is 0 Å². The van der Waals surface area contributed by atoms with Crippen LogP contribution in [0.1, 0.15) is 6.42 Å². The predicted molar refractivity (Wildman–Crippen MR) is 52.0 cm³/mol. The van der Waals surface area contributed by atoms with Crippen LogP contribution < -0.4 is 3.53 Å². The fourth-order valence-electron chi connectivity index (χ4n) is 0.735. The standard InChI is InChI=1S/C6H8INO6/c7-8-3(6(13)14)1-2(4(9)10)5(11)12/h2-3,8H,1H2,(H,9,10)(H,11,12)(H,13,14)/t3-/m0/s1. The van der Waals surface area contributed by atoms with Crippen LogP contribution in [0.3, 0.4) is 0 Å². The molecule has 0 aromatic heterocycles. The van der Waals surface area contributed by atoms with Crippen molar-refractivity contribution in [3.8, 4) is 0 Å². The van der Waals surface area contributed by atoms with Gasteiger partial charge in [0, 0.05) is 22.9 Å². The van der Waals surface area contributed by atoms with E-state index in [1.165, 1.54) is 22.9 Å². The first-order chi connectivity index (χ1) is 6.40. The molecular weight excluding hydrogens is 309 g/mol. The lowest BCUT2D eigenvalue weighted by Crippen LogP contribution is -2.37. The van der Waals surface area contributed by atoms with Crippen molar-refractivity contribution >= 4 is 40.8 Å². The van der Waals surface area contributed by atoms with Gasteiger partial charge in [0.15, 0.2) is 5.92 Å². The highest BCUT2D eigenvalue weighted by Gasteiger charge is 2.31. The zero-order chi connectivity index (χ0) is 11.3. The molecule has 0 spiro atoms. The maximum atomic E-state index is 10.5. The van der Waals surface area contributed by atoms with E-state index in [4.69, 9.17) is 15.3 Å². The summed E-state index contributed by atoms with van der Waals surface area (Å²) in [7, 11) is 0. The summed E-state index contributed by atoms with van der Waals surface area (Å²) in [5.74, 6) is -6.09. The van der Waals surface area contributed by atoms with E-state index in [2.05, 4.69) is 3.53 Å². The molecule has 0 bridgehead atoms. The quantitative estimate of drug-likeness (QED) is 0.297. The lowest BCUT2D eigenvalue weighted by molar-refractivity contribution is -0.155. The topological polar surface area (TPSA) is 124 Å². The number of aliphatic carboxylic acids is 3. The summed E-state index contributed by atoms with van der Waals surface area (Å²) in [5.41, 5.74) is 0. The Morgan fingerprint density at radius 1 is 1.07 bits per heavy atom. The Morgan fingerprint density at radius 3 is 1.71 bits per heavy atom. The van der Waals surface area contributed by atoms with E-state index in [9.17, 15) is 14.4 Å². The van der Waals surface area contributed by atoms with Crippen molar-refractivity contribution in [2.45, 2.75) is 12.5 Å². The van der Waals surface area contributed by atoms with Crippen molar-refractivity contribution < 1.29 is 29.7 Å². The SMILES string of the molecule is O=C(O)C(C[C@H](NI)C(=O)O)C(=O)O. The third-order valence-corrected chi connectivity index (χ3v) is 2.25. The van der Waals surface area contributed by atoms with Crippen LogP contribution in [0.4, 0.5) is 0 Å². The highest BCUT2D eigenvalue weighted by molar-refractivity contribution is 14.1. The zero-order valence-corrected chi connectivity index (χ0v) is 8.96. The van der Waals surface area contributed by atoms with Crippen molar-refractivity contribution in [3.63, 3.8) is 0 Å². The number of rotatable bonds is 6. The number of carbonyl (C=O) groups is 3. The van der Waals surface area contributed by atoms with Gasteiger partial charge in [0.05, 0.1) is 0 Å². The molecule has 0 aliphatic heterocycles. The molecule has 0 fully saturated rings. The number of halogens is 1. The lowest BCUT2D eigenvalue weighted by atomic mass is 10.0. The highest BCUT2D eigenvalue weighted by atomic mass is 127. The van der Waals surface area contributed by atoms with Gasteiger partial charge in [-0.3, -0.25) is 14.4 Å². The van der Waals surface area contributed by atoms with Crippen LogP contribution in [0.25, 0.3) is 0 Å². The second kappa shape index (κ2) is 5.75. The lowest BCUT2D eigenvalue weighted by Gasteiger charge is -2.12. The Bertz CT molecular complexity index is 241. The summed E-state index contributed by atoms with van der Waals surface area (Å²) in [6, 6.07) is -1.19. The minimum atomic E-state index is -1.71. The van der Waals surface area contributed by atoms with Crippen LogP contribution in [-0.4, -0.2) is 39.3 Å². The summed E-state index contributed by atoms with van der Waals surface area (Å²) in [5, 5.41) is 25.5. The molecule has 0 amide bonds. The molecular formula is C6H8INO6. The highest BCUT2D eigenvalue weighted by Crippen LogP contribution is 2.09.